The number of nitriles is 1. The van der Waals surface area contributed by atoms with E-state index in [1.54, 1.807) is 0 Å². The highest BCUT2D eigenvalue weighted by Crippen LogP contribution is 2.18. The first-order valence-corrected chi connectivity index (χ1v) is 5.51. The van der Waals surface area contributed by atoms with Crippen LogP contribution in [0.5, 0.6) is 0 Å². The Bertz CT molecular complexity index is 546. The molecule has 3 heteroatoms. The van der Waals surface area contributed by atoms with E-state index < -0.39 is 0 Å². The van der Waals surface area contributed by atoms with E-state index in [1.165, 1.54) is 16.6 Å². The number of hydrogen-bond acceptors (Lipinski definition) is 2. The highest BCUT2D eigenvalue weighted by molar-refractivity contribution is 5.77. The van der Waals surface area contributed by atoms with Gasteiger partial charge in [0.1, 0.15) is 0 Å². The Morgan fingerprint density at radius 1 is 1.31 bits per heavy atom. The molecule has 0 N–H and O–H groups in total. The Morgan fingerprint density at radius 2 is 2.06 bits per heavy atom. The van der Waals surface area contributed by atoms with Crippen LogP contribution in [0.25, 0.3) is 11.0 Å². The van der Waals surface area contributed by atoms with Gasteiger partial charge in [0.15, 0.2) is 0 Å². The molecule has 0 saturated carbocycles. The molecule has 1 aromatic carbocycles. The van der Waals surface area contributed by atoms with E-state index in [4.69, 9.17) is 5.26 Å². The van der Waals surface area contributed by atoms with Crippen LogP contribution in [-0.4, -0.2) is 9.55 Å². The standard InChI is InChI=1S/C13H15N3/c1-10-7-12-13(8-11(10)2)16(9-15-12)6-4-3-5-14/h7-9H,3-4,6H2,1-2H3. The third kappa shape index (κ3) is 1.92. The zero-order chi connectivity index (χ0) is 11.5. The molecule has 16 heavy (non-hydrogen) atoms. The fourth-order valence-corrected chi connectivity index (χ4v) is 1.82. The SMILES string of the molecule is Cc1cc2ncn(CCCC#N)c2cc1C. The summed E-state index contributed by atoms with van der Waals surface area (Å²) in [6.45, 7) is 5.08. The van der Waals surface area contributed by atoms with Gasteiger partial charge < -0.3 is 4.57 Å². The minimum absolute atomic E-state index is 0.602. The van der Waals surface area contributed by atoms with Gasteiger partial charge in [-0.15, -0.1) is 0 Å². The summed E-state index contributed by atoms with van der Waals surface area (Å²) in [4.78, 5) is 4.38. The molecule has 82 valence electrons. The smallest absolute Gasteiger partial charge is 0.0958 e. The molecule has 0 spiro atoms. The molecule has 0 aliphatic carbocycles. The molecule has 0 amide bonds. The van der Waals surface area contributed by atoms with Crippen LogP contribution < -0.4 is 0 Å². The molecule has 0 aliphatic rings. The van der Waals surface area contributed by atoms with Crippen molar-refractivity contribution in [3.05, 3.63) is 29.6 Å². The fraction of sp³-hybridized carbons (Fsp3) is 0.385. The second-order valence-corrected chi connectivity index (χ2v) is 4.12. The third-order valence-corrected chi connectivity index (χ3v) is 2.92. The van der Waals surface area contributed by atoms with E-state index >= 15 is 0 Å². The van der Waals surface area contributed by atoms with Crippen LogP contribution >= 0.6 is 0 Å². The highest BCUT2D eigenvalue weighted by atomic mass is 15.0. The lowest BCUT2D eigenvalue weighted by molar-refractivity contribution is 0.669. The van der Waals surface area contributed by atoms with Gasteiger partial charge >= 0.3 is 0 Å². The minimum Gasteiger partial charge on any atom is -0.331 e. The number of fused-ring (bicyclic) bond motifs is 1. The van der Waals surface area contributed by atoms with Crippen molar-refractivity contribution < 1.29 is 0 Å². The Morgan fingerprint density at radius 3 is 2.81 bits per heavy atom. The molecule has 0 unspecified atom stereocenters. The molecule has 0 saturated heterocycles. The zero-order valence-electron chi connectivity index (χ0n) is 9.70. The van der Waals surface area contributed by atoms with Crippen molar-refractivity contribution in [1.29, 1.82) is 5.26 Å². The van der Waals surface area contributed by atoms with Crippen molar-refractivity contribution >= 4 is 11.0 Å². The van der Waals surface area contributed by atoms with Gasteiger partial charge in [-0.25, -0.2) is 4.98 Å². The first-order valence-electron chi connectivity index (χ1n) is 5.51. The van der Waals surface area contributed by atoms with Gasteiger partial charge in [-0.2, -0.15) is 5.26 Å². The topological polar surface area (TPSA) is 41.6 Å². The monoisotopic (exact) mass is 213 g/mol. The van der Waals surface area contributed by atoms with E-state index in [-0.39, 0.29) is 0 Å². The van der Waals surface area contributed by atoms with Crippen molar-refractivity contribution in [3.63, 3.8) is 0 Å². The second-order valence-electron chi connectivity index (χ2n) is 4.12. The van der Waals surface area contributed by atoms with Crippen LogP contribution in [0.15, 0.2) is 18.5 Å². The molecule has 0 fully saturated rings. The third-order valence-electron chi connectivity index (χ3n) is 2.92. The maximum absolute atomic E-state index is 8.51. The average Bonchev–Trinajstić information content (AvgIpc) is 2.63. The number of benzene rings is 1. The van der Waals surface area contributed by atoms with E-state index in [1.807, 2.05) is 6.33 Å². The molecule has 2 rings (SSSR count). The summed E-state index contributed by atoms with van der Waals surface area (Å²) in [5.41, 5.74) is 4.77. The molecule has 2 aromatic rings. The number of nitrogens with zero attached hydrogens (tertiary/aromatic N) is 3. The van der Waals surface area contributed by atoms with Crippen LogP contribution in [0.1, 0.15) is 24.0 Å². The average molecular weight is 213 g/mol. The lowest BCUT2D eigenvalue weighted by atomic mass is 10.1. The molecular weight excluding hydrogens is 198 g/mol. The first kappa shape index (κ1) is 10.7. The van der Waals surface area contributed by atoms with Gasteiger partial charge in [-0.3, -0.25) is 0 Å². The highest BCUT2D eigenvalue weighted by Gasteiger charge is 2.04. The minimum atomic E-state index is 0.602. The summed E-state index contributed by atoms with van der Waals surface area (Å²) in [6, 6.07) is 6.45. The van der Waals surface area contributed by atoms with Gasteiger partial charge in [0.05, 0.1) is 23.4 Å². The predicted octanol–water partition coefficient (Wildman–Crippen LogP) is 2.96. The van der Waals surface area contributed by atoms with Crippen LogP contribution in [0.3, 0.4) is 0 Å². The number of rotatable bonds is 3. The number of aromatic nitrogens is 2. The quantitative estimate of drug-likeness (QED) is 0.735. The molecule has 0 atom stereocenters. The van der Waals surface area contributed by atoms with Gasteiger partial charge in [0, 0.05) is 13.0 Å². The zero-order valence-corrected chi connectivity index (χ0v) is 9.70. The normalized spacial score (nSPS) is 10.6. The van der Waals surface area contributed by atoms with Gasteiger partial charge in [-0.1, -0.05) is 0 Å². The lowest BCUT2D eigenvalue weighted by Crippen LogP contribution is -1.96. The molecule has 1 aromatic heterocycles. The van der Waals surface area contributed by atoms with E-state index in [0.29, 0.717) is 6.42 Å². The Balaban J connectivity index is 2.33. The first-order chi connectivity index (χ1) is 7.72. The van der Waals surface area contributed by atoms with Gasteiger partial charge in [0.2, 0.25) is 0 Å². The number of aryl methyl sites for hydroxylation is 3. The van der Waals surface area contributed by atoms with Crippen LogP contribution in [0, 0.1) is 25.2 Å². The maximum atomic E-state index is 8.51. The Hall–Kier alpha value is -1.82. The Kier molecular flexibility index (Phi) is 2.91. The van der Waals surface area contributed by atoms with Crippen molar-refractivity contribution in [1.82, 2.24) is 9.55 Å². The van der Waals surface area contributed by atoms with Gasteiger partial charge in [0.25, 0.3) is 0 Å². The number of hydrogen-bond donors (Lipinski definition) is 0. The fourth-order valence-electron chi connectivity index (χ4n) is 1.82. The van der Waals surface area contributed by atoms with Crippen LogP contribution in [-0.2, 0) is 6.54 Å². The molecule has 3 nitrogen and oxygen atoms in total. The largest absolute Gasteiger partial charge is 0.331 e. The number of imidazole rings is 1. The number of unbranched alkanes of at least 4 members (excludes halogenated alkanes) is 1. The molecule has 0 bridgehead atoms. The summed E-state index contributed by atoms with van der Waals surface area (Å²) in [7, 11) is 0. The van der Waals surface area contributed by atoms with E-state index in [9.17, 15) is 0 Å². The van der Waals surface area contributed by atoms with E-state index in [2.05, 4.69) is 41.6 Å². The molecule has 1 heterocycles. The van der Waals surface area contributed by atoms with Crippen LogP contribution in [0.4, 0.5) is 0 Å². The molecular formula is C13H15N3. The summed E-state index contributed by atoms with van der Waals surface area (Å²) >= 11 is 0. The van der Waals surface area contributed by atoms with Gasteiger partial charge in [-0.05, 0) is 43.5 Å². The van der Waals surface area contributed by atoms with Crippen molar-refractivity contribution in [2.24, 2.45) is 0 Å². The lowest BCUT2D eigenvalue weighted by Gasteiger charge is -2.04. The summed E-state index contributed by atoms with van der Waals surface area (Å²) in [5, 5.41) is 8.51. The molecule has 0 aliphatic heterocycles. The summed E-state index contributed by atoms with van der Waals surface area (Å²) in [5.74, 6) is 0. The maximum Gasteiger partial charge on any atom is 0.0958 e. The van der Waals surface area contributed by atoms with Crippen LogP contribution in [0.2, 0.25) is 0 Å². The summed E-state index contributed by atoms with van der Waals surface area (Å²) < 4.78 is 2.12. The Labute approximate surface area is 95.3 Å². The van der Waals surface area contributed by atoms with Crippen molar-refractivity contribution in [2.45, 2.75) is 33.2 Å². The second kappa shape index (κ2) is 4.36. The summed E-state index contributed by atoms with van der Waals surface area (Å²) in [6.07, 6.45) is 3.35. The van der Waals surface area contributed by atoms with Crippen molar-refractivity contribution in [3.8, 4) is 6.07 Å². The predicted molar refractivity (Wildman–Crippen MR) is 64.1 cm³/mol. The molecule has 0 radical (unpaired) electrons. The van der Waals surface area contributed by atoms with Crippen molar-refractivity contribution in [2.75, 3.05) is 0 Å². The van der Waals surface area contributed by atoms with E-state index in [0.717, 1.165) is 18.5 Å².